The molecule has 1 aromatic rings. The molecule has 0 fully saturated rings. The Bertz CT molecular complexity index is 814. The van der Waals surface area contributed by atoms with Gasteiger partial charge in [0.2, 0.25) is 0 Å². The van der Waals surface area contributed by atoms with Crippen molar-refractivity contribution in [3.8, 4) is 5.75 Å². The van der Waals surface area contributed by atoms with Crippen LogP contribution in [0.4, 0.5) is 9.18 Å². The highest BCUT2D eigenvalue weighted by Gasteiger charge is 2.25. The minimum Gasteiger partial charge on any atom is -0.489 e. The Morgan fingerprint density at radius 3 is 2.66 bits per heavy atom. The van der Waals surface area contributed by atoms with E-state index < -0.39 is 11.7 Å². The summed E-state index contributed by atoms with van der Waals surface area (Å²) < 4.78 is 23.8. The van der Waals surface area contributed by atoms with Crippen LogP contribution in [0.25, 0.3) is 0 Å². The van der Waals surface area contributed by atoms with Crippen molar-refractivity contribution in [2.24, 2.45) is 0 Å². The molecule has 1 heterocycles. The quantitative estimate of drug-likeness (QED) is 0.752. The number of nitrogens with one attached hydrogen (secondary N) is 1. The van der Waals surface area contributed by atoms with E-state index >= 15 is 0 Å². The molecule has 29 heavy (non-hydrogen) atoms. The molecule has 8 heteroatoms. The predicted molar refractivity (Wildman–Crippen MR) is 106 cm³/mol. The van der Waals surface area contributed by atoms with Crippen LogP contribution >= 0.6 is 0 Å². The third kappa shape index (κ3) is 6.89. The number of benzene rings is 1. The maximum atomic E-state index is 13.1. The number of hydrogen-bond acceptors (Lipinski definition) is 5. The number of alkyl carbamates (subject to hydrolysis) is 1. The number of carbonyl (C=O) groups excluding carboxylic acids is 3. The van der Waals surface area contributed by atoms with Crippen LogP contribution < -0.4 is 10.1 Å². The third-order valence-electron chi connectivity index (χ3n) is 4.10. The van der Waals surface area contributed by atoms with E-state index in [4.69, 9.17) is 9.47 Å². The van der Waals surface area contributed by atoms with Gasteiger partial charge in [-0.15, -0.1) is 0 Å². The summed E-state index contributed by atoms with van der Waals surface area (Å²) in [5.41, 5.74) is 0.959. The van der Waals surface area contributed by atoms with E-state index in [1.807, 2.05) is 0 Å². The minimum atomic E-state index is -0.640. The summed E-state index contributed by atoms with van der Waals surface area (Å²) in [6.45, 7) is 7.12. The first-order chi connectivity index (χ1) is 13.6. The first kappa shape index (κ1) is 22.4. The van der Waals surface area contributed by atoms with E-state index in [-0.39, 0.29) is 37.0 Å². The second-order valence-electron chi connectivity index (χ2n) is 7.91. The van der Waals surface area contributed by atoms with Gasteiger partial charge in [0, 0.05) is 24.2 Å². The Morgan fingerprint density at radius 2 is 2.03 bits per heavy atom. The number of Topliss-reactive ketones (excluding diaryl/α,β-unsaturated/α-hetero) is 1. The summed E-state index contributed by atoms with van der Waals surface area (Å²) >= 11 is 0. The highest BCUT2D eigenvalue weighted by Crippen LogP contribution is 2.24. The molecule has 0 unspecified atom stereocenters. The molecule has 2 rings (SSSR count). The molecule has 0 aliphatic carbocycles. The number of fused-ring (bicyclic) bond motifs is 1. The van der Waals surface area contributed by atoms with E-state index in [0.717, 1.165) is 5.56 Å². The van der Waals surface area contributed by atoms with Gasteiger partial charge in [-0.05, 0) is 57.9 Å². The number of hydrogen-bond donors (Lipinski definition) is 1. The molecule has 0 atom stereocenters. The highest BCUT2D eigenvalue weighted by atomic mass is 19.1. The molecule has 158 valence electrons. The van der Waals surface area contributed by atoms with Crippen LogP contribution in [0, 0.1) is 0 Å². The lowest BCUT2D eigenvalue weighted by Crippen LogP contribution is -2.40. The van der Waals surface area contributed by atoms with Gasteiger partial charge in [0.15, 0.2) is 0 Å². The van der Waals surface area contributed by atoms with Gasteiger partial charge in [-0.2, -0.15) is 0 Å². The minimum absolute atomic E-state index is 0.0468. The van der Waals surface area contributed by atoms with Gasteiger partial charge in [-0.3, -0.25) is 9.59 Å². The largest absolute Gasteiger partial charge is 0.489 e. The number of halogens is 1. The summed E-state index contributed by atoms with van der Waals surface area (Å²) in [5, 5.41) is 2.48. The van der Waals surface area contributed by atoms with Crippen LogP contribution in [-0.2, 0) is 16.0 Å². The van der Waals surface area contributed by atoms with Gasteiger partial charge >= 0.3 is 6.09 Å². The van der Waals surface area contributed by atoms with Gasteiger partial charge < -0.3 is 19.7 Å². The summed E-state index contributed by atoms with van der Waals surface area (Å²) in [5.74, 6) is 0.249. The van der Waals surface area contributed by atoms with Crippen molar-refractivity contribution in [1.82, 2.24) is 10.2 Å². The van der Waals surface area contributed by atoms with Gasteiger partial charge in [0.05, 0.1) is 12.9 Å². The molecule has 0 radical (unpaired) electrons. The Kier molecular flexibility index (Phi) is 7.36. The zero-order valence-corrected chi connectivity index (χ0v) is 17.2. The molecule has 7 nitrogen and oxygen atoms in total. The second-order valence-corrected chi connectivity index (χ2v) is 7.91. The Hall–Kier alpha value is -2.90. The maximum absolute atomic E-state index is 13.1. The topological polar surface area (TPSA) is 84.9 Å². The van der Waals surface area contributed by atoms with Crippen molar-refractivity contribution in [1.29, 1.82) is 0 Å². The summed E-state index contributed by atoms with van der Waals surface area (Å²) in [4.78, 5) is 36.9. The van der Waals surface area contributed by atoms with Gasteiger partial charge in [-0.1, -0.05) is 0 Å². The molecular weight excluding hydrogens is 379 g/mol. The average Bonchev–Trinajstić information content (AvgIpc) is 2.62. The average molecular weight is 406 g/mol. The third-order valence-corrected chi connectivity index (χ3v) is 4.10. The van der Waals surface area contributed by atoms with E-state index in [2.05, 4.69) is 5.32 Å². The van der Waals surface area contributed by atoms with Crippen LogP contribution in [0.2, 0.25) is 0 Å². The second kappa shape index (κ2) is 9.54. The molecule has 0 aromatic heterocycles. The smallest absolute Gasteiger partial charge is 0.407 e. The zero-order chi connectivity index (χ0) is 21.6. The standard InChI is InChI=1S/C21H27FN2O5/c1-14(25)12-24-8-7-16-9-17(5-6-18(16)19(24)26)28-13-15(10-22)11-23-20(27)29-21(2,3)4/h5-6,9-10H,7-8,11-13H2,1-4H3,(H,23,27)/b15-10+. The van der Waals surface area contributed by atoms with Crippen LogP contribution in [0.5, 0.6) is 5.75 Å². The van der Waals surface area contributed by atoms with Crippen molar-refractivity contribution in [3.63, 3.8) is 0 Å². The van der Waals surface area contributed by atoms with Crippen molar-refractivity contribution >= 4 is 17.8 Å². The van der Waals surface area contributed by atoms with E-state index in [1.54, 1.807) is 39.0 Å². The lowest BCUT2D eigenvalue weighted by molar-refractivity contribution is -0.117. The highest BCUT2D eigenvalue weighted by molar-refractivity contribution is 5.98. The normalized spacial score (nSPS) is 14.3. The summed E-state index contributed by atoms with van der Waals surface area (Å²) in [6.07, 6.45) is 0.357. The molecule has 0 spiro atoms. The Morgan fingerprint density at radius 1 is 1.31 bits per heavy atom. The SMILES string of the molecule is CC(=O)CN1CCc2cc(OC/C(=C/F)CNC(=O)OC(C)(C)C)ccc2C1=O. The van der Waals surface area contributed by atoms with E-state index in [0.29, 0.717) is 30.6 Å². The first-order valence-corrected chi connectivity index (χ1v) is 9.38. The van der Waals surface area contributed by atoms with Crippen molar-refractivity contribution in [3.05, 3.63) is 41.2 Å². The maximum Gasteiger partial charge on any atom is 0.407 e. The molecular formula is C21H27FN2O5. The zero-order valence-electron chi connectivity index (χ0n) is 17.2. The molecule has 0 saturated carbocycles. The molecule has 0 bridgehead atoms. The fourth-order valence-electron chi connectivity index (χ4n) is 2.82. The molecule has 1 aliphatic rings. The number of carbonyl (C=O) groups is 3. The molecule has 2 amide bonds. The Labute approximate surface area is 169 Å². The van der Waals surface area contributed by atoms with Gasteiger partial charge in [-0.25, -0.2) is 9.18 Å². The van der Waals surface area contributed by atoms with Crippen molar-refractivity contribution < 1.29 is 28.2 Å². The molecule has 0 saturated heterocycles. The van der Waals surface area contributed by atoms with Gasteiger partial charge in [0.1, 0.15) is 23.7 Å². The number of nitrogens with zero attached hydrogens (tertiary/aromatic N) is 1. The summed E-state index contributed by atoms with van der Waals surface area (Å²) in [7, 11) is 0. The van der Waals surface area contributed by atoms with Crippen LogP contribution in [-0.4, -0.2) is 54.5 Å². The fourth-order valence-corrected chi connectivity index (χ4v) is 2.82. The molecule has 1 N–H and O–H groups in total. The fraction of sp³-hybridized carbons (Fsp3) is 0.476. The van der Waals surface area contributed by atoms with Crippen molar-refractivity contribution in [2.45, 2.75) is 39.7 Å². The monoisotopic (exact) mass is 406 g/mol. The first-order valence-electron chi connectivity index (χ1n) is 9.38. The molecule has 1 aliphatic heterocycles. The number of ether oxygens (including phenoxy) is 2. The lowest BCUT2D eigenvalue weighted by Gasteiger charge is -2.28. The lowest BCUT2D eigenvalue weighted by atomic mass is 9.98. The van der Waals surface area contributed by atoms with Crippen LogP contribution in [0.15, 0.2) is 30.1 Å². The summed E-state index contributed by atoms with van der Waals surface area (Å²) in [6, 6.07) is 5.03. The van der Waals surface area contributed by atoms with Gasteiger partial charge in [0.25, 0.3) is 5.91 Å². The number of ketones is 1. The van der Waals surface area contributed by atoms with Crippen molar-refractivity contribution in [2.75, 3.05) is 26.2 Å². The number of rotatable bonds is 7. The van der Waals surface area contributed by atoms with Crippen LogP contribution in [0.3, 0.4) is 0 Å². The molecule has 1 aromatic carbocycles. The number of amides is 2. The van der Waals surface area contributed by atoms with E-state index in [9.17, 15) is 18.8 Å². The van der Waals surface area contributed by atoms with Crippen LogP contribution in [0.1, 0.15) is 43.6 Å². The Balaban J connectivity index is 1.92. The predicted octanol–water partition coefficient (Wildman–Crippen LogP) is 3.03. The van der Waals surface area contributed by atoms with E-state index in [1.165, 1.54) is 11.8 Å².